The van der Waals surface area contributed by atoms with Crippen LogP contribution in [0.4, 0.5) is 0 Å². The highest BCUT2D eigenvalue weighted by molar-refractivity contribution is 7.15. The fourth-order valence-corrected chi connectivity index (χ4v) is 3.82. The first-order valence-corrected chi connectivity index (χ1v) is 8.36. The zero-order valence-corrected chi connectivity index (χ0v) is 13.0. The lowest BCUT2D eigenvalue weighted by atomic mass is 9.87. The molecule has 1 aliphatic rings. The summed E-state index contributed by atoms with van der Waals surface area (Å²) in [4.78, 5) is 17.4. The summed E-state index contributed by atoms with van der Waals surface area (Å²) < 4.78 is 2.00. The van der Waals surface area contributed by atoms with Gasteiger partial charge in [-0.3, -0.25) is 9.20 Å². The monoisotopic (exact) mass is 307 g/mol. The number of hydrogen-bond acceptors (Lipinski definition) is 4. The van der Waals surface area contributed by atoms with Crippen molar-refractivity contribution in [2.45, 2.75) is 45.1 Å². The molecule has 0 bridgehead atoms. The lowest BCUT2D eigenvalue weighted by Gasteiger charge is -2.25. The third-order valence-corrected chi connectivity index (χ3v) is 5.04. The van der Waals surface area contributed by atoms with E-state index in [-0.39, 0.29) is 12.0 Å². The molecular weight excluding hydrogens is 286 g/mol. The van der Waals surface area contributed by atoms with E-state index in [1.165, 1.54) is 0 Å². The fourth-order valence-electron chi connectivity index (χ4n) is 2.90. The molecule has 2 aromatic heterocycles. The largest absolute Gasteiger partial charge is 0.393 e. The van der Waals surface area contributed by atoms with Gasteiger partial charge in [0, 0.05) is 23.8 Å². The lowest BCUT2D eigenvalue weighted by Crippen LogP contribution is -2.33. The van der Waals surface area contributed by atoms with Gasteiger partial charge in [-0.2, -0.15) is 0 Å². The molecule has 21 heavy (non-hydrogen) atoms. The van der Waals surface area contributed by atoms with Gasteiger partial charge in [-0.05, 0) is 38.5 Å². The van der Waals surface area contributed by atoms with Gasteiger partial charge in [-0.1, -0.05) is 0 Å². The normalized spacial score (nSPS) is 22.6. The second-order valence-electron chi connectivity index (χ2n) is 5.92. The molecule has 0 unspecified atom stereocenters. The van der Waals surface area contributed by atoms with Crippen LogP contribution in [0.3, 0.4) is 0 Å². The molecule has 0 aromatic carbocycles. The number of thiazole rings is 1. The van der Waals surface area contributed by atoms with Gasteiger partial charge >= 0.3 is 0 Å². The first kappa shape index (κ1) is 14.5. The van der Waals surface area contributed by atoms with E-state index in [2.05, 4.69) is 10.3 Å². The van der Waals surface area contributed by atoms with Gasteiger partial charge < -0.3 is 10.4 Å². The molecule has 0 atom stereocenters. The molecule has 2 aromatic rings. The van der Waals surface area contributed by atoms with Crippen LogP contribution in [0.15, 0.2) is 11.6 Å². The smallest absolute Gasteiger partial charge is 0.225 e. The summed E-state index contributed by atoms with van der Waals surface area (Å²) in [6.45, 7) is 2.68. The van der Waals surface area contributed by atoms with E-state index in [1.807, 2.05) is 22.9 Å². The number of aliphatic hydroxyl groups is 1. The predicted molar refractivity (Wildman–Crippen MR) is 82.5 cm³/mol. The molecule has 114 valence electrons. The van der Waals surface area contributed by atoms with Crippen molar-refractivity contribution in [3.63, 3.8) is 0 Å². The van der Waals surface area contributed by atoms with E-state index in [9.17, 15) is 9.90 Å². The van der Waals surface area contributed by atoms with Crippen LogP contribution in [0.5, 0.6) is 0 Å². The number of nitrogens with one attached hydrogen (secondary N) is 1. The van der Waals surface area contributed by atoms with Crippen molar-refractivity contribution >= 4 is 22.2 Å². The van der Waals surface area contributed by atoms with Crippen molar-refractivity contribution in [3.05, 3.63) is 23.0 Å². The quantitative estimate of drug-likeness (QED) is 0.907. The van der Waals surface area contributed by atoms with Gasteiger partial charge in [0.2, 0.25) is 5.91 Å². The van der Waals surface area contributed by atoms with E-state index in [0.29, 0.717) is 12.3 Å². The Hall–Kier alpha value is -1.40. The van der Waals surface area contributed by atoms with E-state index in [1.54, 1.807) is 11.3 Å². The average Bonchev–Trinajstić information content (AvgIpc) is 2.99. The van der Waals surface area contributed by atoms with Crippen LogP contribution < -0.4 is 5.32 Å². The zero-order valence-electron chi connectivity index (χ0n) is 12.2. The molecule has 1 amide bonds. The van der Waals surface area contributed by atoms with Crippen LogP contribution in [0, 0.1) is 12.8 Å². The van der Waals surface area contributed by atoms with Gasteiger partial charge in [0.1, 0.15) is 0 Å². The number of aryl methyl sites for hydroxylation is 1. The maximum Gasteiger partial charge on any atom is 0.225 e. The Kier molecular flexibility index (Phi) is 4.26. The second-order valence-corrected chi connectivity index (χ2v) is 6.75. The number of fused-ring (bicyclic) bond motifs is 1. The molecule has 2 heterocycles. The van der Waals surface area contributed by atoms with Gasteiger partial charge in [0.05, 0.1) is 18.2 Å². The molecule has 1 saturated carbocycles. The number of hydrogen-bond donors (Lipinski definition) is 2. The maximum atomic E-state index is 12.1. The minimum atomic E-state index is -0.138. The zero-order chi connectivity index (χ0) is 14.8. The van der Waals surface area contributed by atoms with Crippen molar-refractivity contribution in [1.82, 2.24) is 14.7 Å². The molecule has 0 radical (unpaired) electrons. The van der Waals surface area contributed by atoms with Crippen molar-refractivity contribution < 1.29 is 9.90 Å². The van der Waals surface area contributed by atoms with E-state index >= 15 is 0 Å². The molecule has 0 spiro atoms. The molecule has 0 aliphatic heterocycles. The van der Waals surface area contributed by atoms with Crippen LogP contribution >= 0.6 is 11.3 Å². The molecular formula is C15H21N3O2S. The highest BCUT2D eigenvalue weighted by Crippen LogP contribution is 2.23. The Bertz CT molecular complexity index is 626. The highest BCUT2D eigenvalue weighted by Gasteiger charge is 2.20. The summed E-state index contributed by atoms with van der Waals surface area (Å²) in [5.41, 5.74) is 1.97. The SMILES string of the molecule is Cc1cn2c(CC(=O)NCC3CCC(O)CC3)csc2n1. The predicted octanol–water partition coefficient (Wildman–Crippen LogP) is 1.91. The summed E-state index contributed by atoms with van der Waals surface area (Å²) in [6.07, 6.45) is 5.96. The van der Waals surface area contributed by atoms with Crippen molar-refractivity contribution in [2.75, 3.05) is 6.54 Å². The number of carbonyl (C=O) groups is 1. The number of rotatable bonds is 4. The number of imidazole rings is 1. The molecule has 5 nitrogen and oxygen atoms in total. The van der Waals surface area contributed by atoms with Crippen LogP contribution in [-0.4, -0.2) is 33.0 Å². The lowest BCUT2D eigenvalue weighted by molar-refractivity contribution is -0.120. The molecule has 1 fully saturated rings. The Morgan fingerprint density at radius 3 is 3.00 bits per heavy atom. The van der Waals surface area contributed by atoms with Crippen LogP contribution in [0.1, 0.15) is 37.1 Å². The number of amides is 1. The Morgan fingerprint density at radius 2 is 2.24 bits per heavy atom. The van der Waals surface area contributed by atoms with Gasteiger partial charge in [-0.15, -0.1) is 11.3 Å². The molecule has 6 heteroatoms. The summed E-state index contributed by atoms with van der Waals surface area (Å²) >= 11 is 1.57. The van der Waals surface area contributed by atoms with Crippen LogP contribution in [-0.2, 0) is 11.2 Å². The number of aromatic nitrogens is 2. The van der Waals surface area contributed by atoms with Crippen molar-refractivity contribution in [1.29, 1.82) is 0 Å². The fraction of sp³-hybridized carbons (Fsp3) is 0.600. The number of nitrogens with zero attached hydrogens (tertiary/aromatic N) is 2. The molecule has 0 saturated heterocycles. The Labute approximate surface area is 128 Å². The van der Waals surface area contributed by atoms with Gasteiger partial charge in [0.25, 0.3) is 0 Å². The Balaban J connectivity index is 1.52. The third-order valence-electron chi connectivity index (χ3n) is 4.15. The maximum absolute atomic E-state index is 12.1. The average molecular weight is 307 g/mol. The highest BCUT2D eigenvalue weighted by atomic mass is 32.1. The van der Waals surface area contributed by atoms with E-state index < -0.39 is 0 Å². The summed E-state index contributed by atoms with van der Waals surface area (Å²) in [7, 11) is 0. The summed E-state index contributed by atoms with van der Waals surface area (Å²) in [6, 6.07) is 0. The summed E-state index contributed by atoms with van der Waals surface area (Å²) in [5.74, 6) is 0.572. The minimum absolute atomic E-state index is 0.0622. The standard InChI is InChI=1S/C15H21N3O2S/c1-10-8-18-12(9-21-15(18)17-10)6-14(20)16-7-11-2-4-13(19)5-3-11/h8-9,11,13,19H,2-7H2,1H3,(H,16,20). The topological polar surface area (TPSA) is 66.6 Å². The number of aliphatic hydroxyl groups excluding tert-OH is 1. The van der Waals surface area contributed by atoms with Gasteiger partial charge in [0.15, 0.2) is 4.96 Å². The van der Waals surface area contributed by atoms with Crippen LogP contribution in [0.2, 0.25) is 0 Å². The van der Waals surface area contributed by atoms with Crippen LogP contribution in [0.25, 0.3) is 4.96 Å². The molecule has 3 rings (SSSR count). The molecule has 1 aliphatic carbocycles. The summed E-state index contributed by atoms with van der Waals surface area (Å²) in [5, 5.41) is 14.5. The van der Waals surface area contributed by atoms with Gasteiger partial charge in [-0.25, -0.2) is 4.98 Å². The number of carbonyl (C=O) groups excluding carboxylic acids is 1. The third kappa shape index (κ3) is 3.44. The Morgan fingerprint density at radius 1 is 1.48 bits per heavy atom. The van der Waals surface area contributed by atoms with Crippen molar-refractivity contribution in [2.24, 2.45) is 5.92 Å². The first-order valence-electron chi connectivity index (χ1n) is 7.48. The first-order chi connectivity index (χ1) is 10.1. The second kappa shape index (κ2) is 6.15. The molecule has 2 N–H and O–H groups in total. The van der Waals surface area contributed by atoms with Crippen molar-refractivity contribution in [3.8, 4) is 0 Å². The van der Waals surface area contributed by atoms with E-state index in [4.69, 9.17) is 0 Å². The van der Waals surface area contributed by atoms with E-state index in [0.717, 1.165) is 48.6 Å². The minimum Gasteiger partial charge on any atom is -0.393 e.